The van der Waals surface area contributed by atoms with Gasteiger partial charge in [-0.2, -0.15) is 0 Å². The lowest BCUT2D eigenvalue weighted by Crippen LogP contribution is -2.23. The quantitative estimate of drug-likeness (QED) is 0.597. The van der Waals surface area contributed by atoms with E-state index in [1.54, 1.807) is 0 Å². The molecule has 1 aliphatic rings. The van der Waals surface area contributed by atoms with Crippen LogP contribution in [0.2, 0.25) is 0 Å². The number of Topliss-reactive ketones (excluding diaryl/α,β-unsaturated/α-hetero) is 1. The van der Waals surface area contributed by atoms with Crippen molar-refractivity contribution in [1.29, 1.82) is 0 Å². The first-order chi connectivity index (χ1) is 5.24. The van der Waals surface area contributed by atoms with Crippen molar-refractivity contribution < 1.29 is 4.79 Å². The molecule has 1 heteroatoms. The van der Waals surface area contributed by atoms with E-state index < -0.39 is 0 Å². The molecule has 1 aliphatic carbocycles. The molecule has 0 aromatic carbocycles. The maximum atomic E-state index is 11.3. The van der Waals surface area contributed by atoms with Crippen molar-refractivity contribution >= 4 is 5.78 Å². The summed E-state index contributed by atoms with van der Waals surface area (Å²) in [6.07, 6.45) is 5.38. The number of ketones is 1. The fourth-order valence-electron chi connectivity index (χ4n) is 1.96. The average Bonchev–Trinajstić information content (AvgIpc) is 1.98. The minimum atomic E-state index is 0.406. The number of carbonyl (C=O) groups is 1. The van der Waals surface area contributed by atoms with Crippen LogP contribution < -0.4 is 0 Å². The van der Waals surface area contributed by atoms with Crippen LogP contribution in [0.4, 0.5) is 0 Å². The van der Waals surface area contributed by atoms with Gasteiger partial charge < -0.3 is 0 Å². The fourth-order valence-corrected chi connectivity index (χ4v) is 1.96. The third kappa shape index (κ3) is 2.32. The van der Waals surface area contributed by atoms with Crippen molar-refractivity contribution in [3.63, 3.8) is 0 Å². The van der Waals surface area contributed by atoms with E-state index in [2.05, 4.69) is 13.8 Å². The molecule has 1 fully saturated rings. The minimum Gasteiger partial charge on any atom is -0.299 e. The number of carbonyl (C=O) groups excluding carboxylic acids is 1. The van der Waals surface area contributed by atoms with E-state index in [-0.39, 0.29) is 0 Å². The van der Waals surface area contributed by atoms with Gasteiger partial charge in [-0.25, -0.2) is 0 Å². The van der Waals surface area contributed by atoms with Gasteiger partial charge in [-0.1, -0.05) is 20.3 Å². The standard InChI is InChI=1S/C10H18O/c1-3-4-9-7-8(2)5-6-10(9)11/h8-9H,3-7H2,1-2H3. The monoisotopic (exact) mass is 154 g/mol. The first kappa shape index (κ1) is 8.76. The highest BCUT2D eigenvalue weighted by atomic mass is 16.1. The second kappa shape index (κ2) is 3.89. The summed E-state index contributed by atoms with van der Waals surface area (Å²) in [7, 11) is 0. The normalized spacial score (nSPS) is 32.4. The topological polar surface area (TPSA) is 17.1 Å². The molecular formula is C10H18O. The molecule has 11 heavy (non-hydrogen) atoms. The Hall–Kier alpha value is -0.330. The Morgan fingerprint density at radius 1 is 1.55 bits per heavy atom. The molecule has 0 bridgehead atoms. The van der Waals surface area contributed by atoms with Crippen LogP contribution in [0.3, 0.4) is 0 Å². The van der Waals surface area contributed by atoms with Crippen LogP contribution in [0.25, 0.3) is 0 Å². The van der Waals surface area contributed by atoms with Gasteiger partial charge in [0.25, 0.3) is 0 Å². The van der Waals surface area contributed by atoms with Crippen LogP contribution in [-0.2, 0) is 4.79 Å². The molecule has 0 heterocycles. The predicted molar refractivity (Wildman–Crippen MR) is 46.4 cm³/mol. The van der Waals surface area contributed by atoms with Gasteiger partial charge >= 0.3 is 0 Å². The van der Waals surface area contributed by atoms with Crippen molar-refractivity contribution in [3.8, 4) is 0 Å². The third-order valence-corrected chi connectivity index (χ3v) is 2.66. The van der Waals surface area contributed by atoms with Gasteiger partial charge in [-0.3, -0.25) is 4.79 Å². The Labute approximate surface area is 69.2 Å². The smallest absolute Gasteiger partial charge is 0.135 e. The molecule has 0 aliphatic heterocycles. The van der Waals surface area contributed by atoms with Gasteiger partial charge in [0.1, 0.15) is 5.78 Å². The Morgan fingerprint density at radius 3 is 2.91 bits per heavy atom. The van der Waals surface area contributed by atoms with Crippen molar-refractivity contribution in [2.75, 3.05) is 0 Å². The van der Waals surface area contributed by atoms with Crippen LogP contribution in [0, 0.1) is 11.8 Å². The molecule has 0 aromatic heterocycles. The van der Waals surface area contributed by atoms with Gasteiger partial charge in [0.15, 0.2) is 0 Å². The summed E-state index contributed by atoms with van der Waals surface area (Å²) < 4.78 is 0. The maximum Gasteiger partial charge on any atom is 0.135 e. The van der Waals surface area contributed by atoms with E-state index >= 15 is 0 Å². The van der Waals surface area contributed by atoms with Crippen LogP contribution in [0.5, 0.6) is 0 Å². The Balaban J connectivity index is 2.40. The third-order valence-electron chi connectivity index (χ3n) is 2.66. The average molecular weight is 154 g/mol. The lowest BCUT2D eigenvalue weighted by Gasteiger charge is -2.24. The van der Waals surface area contributed by atoms with Gasteiger partial charge in [-0.05, 0) is 25.2 Å². The van der Waals surface area contributed by atoms with E-state index in [0.29, 0.717) is 11.7 Å². The molecule has 2 unspecified atom stereocenters. The zero-order valence-corrected chi connectivity index (χ0v) is 7.60. The molecular weight excluding hydrogens is 136 g/mol. The fraction of sp³-hybridized carbons (Fsp3) is 0.900. The van der Waals surface area contributed by atoms with Crippen molar-refractivity contribution in [1.82, 2.24) is 0 Å². The molecule has 1 saturated carbocycles. The zero-order chi connectivity index (χ0) is 8.27. The molecule has 2 atom stereocenters. The number of hydrogen-bond acceptors (Lipinski definition) is 1. The second-order valence-corrected chi connectivity index (χ2v) is 3.83. The van der Waals surface area contributed by atoms with Gasteiger partial charge in [0.2, 0.25) is 0 Å². The first-order valence-electron chi connectivity index (χ1n) is 4.76. The number of rotatable bonds is 2. The summed E-state index contributed by atoms with van der Waals surface area (Å²) in [5.74, 6) is 1.71. The lowest BCUT2D eigenvalue weighted by atomic mass is 9.79. The molecule has 0 radical (unpaired) electrons. The molecule has 1 rings (SSSR count). The summed E-state index contributed by atoms with van der Waals surface area (Å²) in [6, 6.07) is 0. The summed E-state index contributed by atoms with van der Waals surface area (Å²) in [4.78, 5) is 11.3. The summed E-state index contributed by atoms with van der Waals surface area (Å²) >= 11 is 0. The molecule has 64 valence electrons. The van der Waals surface area contributed by atoms with Crippen LogP contribution in [0.15, 0.2) is 0 Å². The second-order valence-electron chi connectivity index (χ2n) is 3.83. The Bertz CT molecular complexity index is 140. The molecule has 1 nitrogen and oxygen atoms in total. The maximum absolute atomic E-state index is 11.3. The van der Waals surface area contributed by atoms with Crippen molar-refractivity contribution in [3.05, 3.63) is 0 Å². The molecule has 0 N–H and O–H groups in total. The van der Waals surface area contributed by atoms with Gasteiger partial charge in [0, 0.05) is 12.3 Å². The van der Waals surface area contributed by atoms with Crippen LogP contribution >= 0.6 is 0 Å². The van der Waals surface area contributed by atoms with E-state index in [9.17, 15) is 4.79 Å². The van der Waals surface area contributed by atoms with E-state index in [1.165, 1.54) is 0 Å². The van der Waals surface area contributed by atoms with Gasteiger partial charge in [0.05, 0.1) is 0 Å². The highest BCUT2D eigenvalue weighted by molar-refractivity contribution is 5.81. The van der Waals surface area contributed by atoms with E-state index in [0.717, 1.165) is 38.0 Å². The minimum absolute atomic E-state index is 0.406. The lowest BCUT2D eigenvalue weighted by molar-refractivity contribution is -0.125. The highest BCUT2D eigenvalue weighted by Crippen LogP contribution is 2.28. The van der Waals surface area contributed by atoms with E-state index in [1.807, 2.05) is 0 Å². The zero-order valence-electron chi connectivity index (χ0n) is 7.60. The molecule has 0 saturated heterocycles. The first-order valence-corrected chi connectivity index (χ1v) is 4.76. The van der Waals surface area contributed by atoms with Crippen molar-refractivity contribution in [2.24, 2.45) is 11.8 Å². The van der Waals surface area contributed by atoms with E-state index in [4.69, 9.17) is 0 Å². The Kier molecular flexibility index (Phi) is 3.10. The van der Waals surface area contributed by atoms with Crippen LogP contribution in [-0.4, -0.2) is 5.78 Å². The summed E-state index contributed by atoms with van der Waals surface area (Å²) in [5, 5.41) is 0. The SMILES string of the molecule is CCCC1CC(C)CCC1=O. The molecule has 0 amide bonds. The highest BCUT2D eigenvalue weighted by Gasteiger charge is 2.24. The largest absolute Gasteiger partial charge is 0.299 e. The molecule has 0 spiro atoms. The van der Waals surface area contributed by atoms with Crippen molar-refractivity contribution in [2.45, 2.75) is 46.0 Å². The van der Waals surface area contributed by atoms with Crippen LogP contribution in [0.1, 0.15) is 46.0 Å². The predicted octanol–water partition coefficient (Wildman–Crippen LogP) is 2.79. The summed E-state index contributed by atoms with van der Waals surface area (Å²) in [6.45, 7) is 4.42. The summed E-state index contributed by atoms with van der Waals surface area (Å²) in [5.41, 5.74) is 0. The number of hydrogen-bond donors (Lipinski definition) is 0. The van der Waals surface area contributed by atoms with Gasteiger partial charge in [-0.15, -0.1) is 0 Å². The molecule has 0 aromatic rings. The Morgan fingerprint density at radius 2 is 2.27 bits per heavy atom.